The van der Waals surface area contributed by atoms with Crippen LogP contribution in [0.15, 0.2) is 176 Å². The Morgan fingerprint density at radius 3 is 1.49 bits per heavy atom. The second-order valence-electron chi connectivity index (χ2n) is 16.9. The Kier molecular flexibility index (Phi) is 8.63. The van der Waals surface area contributed by atoms with Crippen LogP contribution in [0.4, 0.5) is 26.3 Å². The van der Waals surface area contributed by atoms with Gasteiger partial charge >= 0.3 is 12.4 Å². The summed E-state index contributed by atoms with van der Waals surface area (Å²) >= 11 is 3.42. The number of para-hydroxylation sites is 2. The molecule has 0 aliphatic rings. The highest BCUT2D eigenvalue weighted by Gasteiger charge is 2.37. The first-order valence-electron chi connectivity index (χ1n) is 21.6. The Morgan fingerprint density at radius 2 is 0.926 bits per heavy atom. The van der Waals surface area contributed by atoms with Crippen molar-refractivity contribution < 1.29 is 26.3 Å². The van der Waals surface area contributed by atoms with E-state index in [-0.39, 0.29) is 22.8 Å². The summed E-state index contributed by atoms with van der Waals surface area (Å²) in [4.78, 5) is 0. The lowest BCUT2D eigenvalue weighted by atomic mass is 9.92. The van der Waals surface area contributed by atoms with Crippen LogP contribution in [0.5, 0.6) is 0 Å². The highest BCUT2D eigenvalue weighted by molar-refractivity contribution is 7.27. The van der Waals surface area contributed by atoms with Gasteiger partial charge in [0.05, 0.1) is 50.5 Å². The van der Waals surface area contributed by atoms with Crippen molar-refractivity contribution in [3.8, 4) is 39.7 Å². The summed E-state index contributed by atoms with van der Waals surface area (Å²) in [6.45, 7) is 0. The van der Waals surface area contributed by atoms with Crippen molar-refractivity contribution in [2.45, 2.75) is 12.4 Å². The molecule has 326 valence electrons. The second-order valence-corrected chi connectivity index (χ2v) is 19.0. The first-order valence-corrected chi connectivity index (χ1v) is 23.2. The van der Waals surface area contributed by atoms with Crippen LogP contribution in [0.2, 0.25) is 0 Å². The lowest BCUT2D eigenvalue weighted by molar-refractivity contribution is -0.143. The number of fused-ring (bicyclic) bond motifs is 14. The lowest BCUT2D eigenvalue weighted by Crippen LogP contribution is -2.11. The number of halogens is 6. The Morgan fingerprint density at radius 1 is 0.412 bits per heavy atom. The lowest BCUT2D eigenvalue weighted by Gasteiger charge is -2.19. The van der Waals surface area contributed by atoms with E-state index in [1.165, 1.54) is 10.1 Å². The number of aromatic nitrogens is 2. The first-order chi connectivity index (χ1) is 32.9. The highest BCUT2D eigenvalue weighted by atomic mass is 32.1. The fraction of sp³-hybridized carbons (Fsp3) is 0.0351. The van der Waals surface area contributed by atoms with Gasteiger partial charge in [-0.15, -0.1) is 22.7 Å². The molecule has 3 nitrogen and oxygen atoms in total. The molecule has 0 aliphatic heterocycles. The highest BCUT2D eigenvalue weighted by Crippen LogP contribution is 2.48. The minimum atomic E-state index is -5.05. The summed E-state index contributed by atoms with van der Waals surface area (Å²) in [5, 5.41) is 19.5. The topological polar surface area (TPSA) is 33.6 Å². The van der Waals surface area contributed by atoms with E-state index >= 15 is 0 Å². The van der Waals surface area contributed by atoms with Crippen LogP contribution in [0.25, 0.3) is 118 Å². The predicted octanol–water partition coefficient (Wildman–Crippen LogP) is 17.9. The zero-order chi connectivity index (χ0) is 46.2. The van der Waals surface area contributed by atoms with Crippen LogP contribution >= 0.6 is 22.7 Å². The van der Waals surface area contributed by atoms with Crippen molar-refractivity contribution in [3.05, 3.63) is 193 Å². The van der Waals surface area contributed by atoms with E-state index in [1.54, 1.807) is 46.9 Å². The van der Waals surface area contributed by atoms with E-state index in [0.717, 1.165) is 91.7 Å². The zero-order valence-corrected chi connectivity index (χ0v) is 36.8. The van der Waals surface area contributed by atoms with E-state index in [0.29, 0.717) is 16.8 Å². The van der Waals surface area contributed by atoms with Crippen molar-refractivity contribution in [2.75, 3.05) is 0 Å². The average molecular weight is 934 g/mol. The normalized spacial score (nSPS) is 12.5. The smallest absolute Gasteiger partial charge is 0.309 e. The first kappa shape index (κ1) is 40.4. The van der Waals surface area contributed by atoms with E-state index in [2.05, 4.69) is 81.9 Å². The van der Waals surface area contributed by atoms with Crippen molar-refractivity contribution in [1.82, 2.24) is 9.13 Å². The standard InChI is InChI=1S/C57H29F6N3S2/c58-56(59,60)34-25-33(26-35(28-34)57(61,62)63)31-18-22-47(66-46-14-6-2-12-42(46)53-49(66)24-21-40-38-10-4-8-16-51(38)68-55(40)53)44(27-31)43-29-36(19-17-32(43)30-64)65-45-13-5-1-11-41(45)52-48(65)23-20-39-37-9-3-7-15-50(37)67-54(39)52/h1-29H. The number of alkyl halides is 6. The van der Waals surface area contributed by atoms with Crippen LogP contribution in [0, 0.1) is 11.3 Å². The molecule has 13 rings (SSSR count). The molecule has 13 aromatic rings. The molecule has 0 amide bonds. The zero-order valence-electron chi connectivity index (χ0n) is 35.2. The third kappa shape index (κ3) is 5.97. The number of hydrogen-bond acceptors (Lipinski definition) is 3. The summed E-state index contributed by atoms with van der Waals surface area (Å²) in [7, 11) is 0. The Labute approximate surface area is 390 Å². The fourth-order valence-electron chi connectivity index (χ4n) is 10.2. The quantitative estimate of drug-likeness (QED) is 0.162. The van der Waals surface area contributed by atoms with Crippen molar-refractivity contribution >= 4 is 107 Å². The van der Waals surface area contributed by atoms with Gasteiger partial charge in [0.25, 0.3) is 0 Å². The van der Waals surface area contributed by atoms with Gasteiger partial charge in [0.2, 0.25) is 0 Å². The molecule has 11 heteroatoms. The summed E-state index contributed by atoms with van der Waals surface area (Å²) in [5.74, 6) is 0. The maximum Gasteiger partial charge on any atom is 0.416 e. The third-order valence-corrected chi connectivity index (χ3v) is 15.6. The predicted molar refractivity (Wildman–Crippen MR) is 266 cm³/mol. The molecular weight excluding hydrogens is 905 g/mol. The molecule has 0 fully saturated rings. The number of nitriles is 1. The molecule has 0 unspecified atom stereocenters. The molecule has 4 aromatic heterocycles. The van der Waals surface area contributed by atoms with E-state index in [9.17, 15) is 31.6 Å². The number of rotatable bonds is 4. The molecule has 9 aromatic carbocycles. The van der Waals surface area contributed by atoms with Gasteiger partial charge in [0, 0.05) is 78.7 Å². The number of thiophene rings is 2. The van der Waals surface area contributed by atoms with Gasteiger partial charge in [-0.25, -0.2) is 0 Å². The largest absolute Gasteiger partial charge is 0.416 e. The van der Waals surface area contributed by atoms with E-state index < -0.39 is 23.5 Å². The van der Waals surface area contributed by atoms with Gasteiger partial charge in [-0.1, -0.05) is 91.0 Å². The molecule has 0 radical (unpaired) electrons. The maximum atomic E-state index is 14.4. The molecule has 4 heterocycles. The van der Waals surface area contributed by atoms with Crippen LogP contribution in [-0.4, -0.2) is 9.13 Å². The van der Waals surface area contributed by atoms with Crippen molar-refractivity contribution in [3.63, 3.8) is 0 Å². The maximum absolute atomic E-state index is 14.4. The summed E-state index contributed by atoms with van der Waals surface area (Å²) in [6.07, 6.45) is -10.1. The minimum absolute atomic E-state index is 0.117. The van der Waals surface area contributed by atoms with Crippen molar-refractivity contribution in [2.24, 2.45) is 0 Å². The fourth-order valence-corrected chi connectivity index (χ4v) is 12.8. The average Bonchev–Trinajstić information content (AvgIpc) is 4.10. The van der Waals surface area contributed by atoms with Gasteiger partial charge in [0.1, 0.15) is 0 Å². The Hall–Kier alpha value is -7.91. The second kappa shape index (κ2) is 14.5. The Bertz CT molecular complexity index is 4300. The number of nitrogens with zero attached hydrogens (tertiary/aromatic N) is 3. The molecular formula is C57H29F6N3S2. The van der Waals surface area contributed by atoms with Gasteiger partial charge in [-0.3, -0.25) is 0 Å². The summed E-state index contributed by atoms with van der Waals surface area (Å²) < 4.78 is 94.9. The van der Waals surface area contributed by atoms with Gasteiger partial charge in [-0.2, -0.15) is 31.6 Å². The number of hydrogen-bond donors (Lipinski definition) is 0. The molecule has 0 N–H and O–H groups in total. The Balaban J connectivity index is 1.12. The summed E-state index contributed by atoms with van der Waals surface area (Å²) in [5.41, 5.74) is 3.04. The summed E-state index contributed by atoms with van der Waals surface area (Å²) in [6, 6.07) is 55.5. The van der Waals surface area contributed by atoms with Gasteiger partial charge in [0.15, 0.2) is 0 Å². The van der Waals surface area contributed by atoms with E-state index in [4.69, 9.17) is 0 Å². The molecule has 0 aliphatic carbocycles. The SMILES string of the molecule is N#Cc1ccc(-n2c3ccccc3c3c4sc5ccccc5c4ccc32)cc1-c1cc(-c2cc(C(F)(F)F)cc(C(F)(F)F)c2)ccc1-n1c2ccccc2c2c3sc4ccccc4c3ccc21. The molecule has 0 spiro atoms. The van der Waals surface area contributed by atoms with Crippen LogP contribution in [-0.2, 0) is 12.4 Å². The third-order valence-electron chi connectivity index (χ3n) is 13.2. The molecule has 0 saturated heterocycles. The molecule has 0 atom stereocenters. The van der Waals surface area contributed by atoms with Crippen molar-refractivity contribution in [1.29, 1.82) is 5.26 Å². The molecule has 0 saturated carbocycles. The molecule has 0 bridgehead atoms. The van der Waals surface area contributed by atoms with Crippen LogP contribution in [0.1, 0.15) is 16.7 Å². The monoisotopic (exact) mass is 933 g/mol. The van der Waals surface area contributed by atoms with Crippen LogP contribution in [0.3, 0.4) is 0 Å². The van der Waals surface area contributed by atoms with Gasteiger partial charge < -0.3 is 9.13 Å². The van der Waals surface area contributed by atoms with Gasteiger partial charge in [-0.05, 0) is 96.1 Å². The molecule has 68 heavy (non-hydrogen) atoms. The van der Waals surface area contributed by atoms with Crippen LogP contribution < -0.4 is 0 Å². The minimum Gasteiger partial charge on any atom is -0.309 e. The number of benzene rings is 9. The van der Waals surface area contributed by atoms with E-state index in [1.807, 2.05) is 66.7 Å².